The summed E-state index contributed by atoms with van der Waals surface area (Å²) in [6, 6.07) is 175. The van der Waals surface area contributed by atoms with E-state index in [9.17, 15) is 0 Å². The van der Waals surface area contributed by atoms with Gasteiger partial charge in [0.05, 0.1) is 39.2 Å². The number of rotatable bonds is 11. The molecule has 25 aromatic carbocycles. The molecule has 29 rings (SSSR count). The van der Waals surface area contributed by atoms with Gasteiger partial charge in [-0.25, -0.2) is 0 Å². The minimum Gasteiger partial charge on any atom is -0.350 e. The van der Waals surface area contributed by atoms with Gasteiger partial charge in [-0.2, -0.15) is 0 Å². The van der Waals surface area contributed by atoms with E-state index in [1.54, 1.807) is 0 Å². The molecular formula is C130H85N3O. The zero-order valence-corrected chi connectivity index (χ0v) is 73.4. The Labute approximate surface area is 774 Å². The van der Waals surface area contributed by atoms with Gasteiger partial charge in [-0.15, -0.1) is 0 Å². The van der Waals surface area contributed by atoms with E-state index in [4.69, 9.17) is 4.74 Å². The van der Waals surface area contributed by atoms with Crippen molar-refractivity contribution in [2.24, 2.45) is 0 Å². The van der Waals surface area contributed by atoms with Crippen LogP contribution in [0.4, 0.5) is 0 Å². The number of ether oxygens (including phenoxy) is 1. The van der Waals surface area contributed by atoms with E-state index < -0.39 is 0 Å². The third-order valence-electron chi connectivity index (χ3n) is 29.0. The SMILES string of the molecule is c1ccc(-c2ccc3ccc4c(C5CCC(n6c7ccccc7c7ccccc76)O5)ccc5ccc2c3c54)cc1.c1ccc(-c2ccccc2-c2ccc3ccc4c(-c5ccc(-n6c7ccccc7c7ccccc76)cc5)ccc5ccc2c3c54)cc1.c1ccc(-c2ccccc2-c2ccc3ccc4c(-c5cccc(-n6c7ccccc7c7ccccc76)c5)ccc5ccc2c3c54)cc1. The van der Waals surface area contributed by atoms with E-state index in [0.29, 0.717) is 0 Å². The van der Waals surface area contributed by atoms with E-state index in [1.807, 2.05) is 0 Å². The third-order valence-corrected chi connectivity index (χ3v) is 29.0. The first kappa shape index (κ1) is 77.0. The summed E-state index contributed by atoms with van der Waals surface area (Å²) in [5.41, 5.74) is 28.6. The number of aromatic nitrogens is 3. The summed E-state index contributed by atoms with van der Waals surface area (Å²) in [5.74, 6) is 0. The highest BCUT2D eigenvalue weighted by molar-refractivity contribution is 6.31. The molecule has 0 radical (unpaired) electrons. The molecule has 1 fully saturated rings. The molecule has 0 N–H and O–H groups in total. The monoisotopic (exact) mass is 1700 g/mol. The summed E-state index contributed by atoms with van der Waals surface area (Å²) < 4.78 is 14.2. The molecule has 0 aliphatic carbocycles. The van der Waals surface area contributed by atoms with E-state index >= 15 is 0 Å². The molecular weight excluding hydrogens is 1620 g/mol. The second-order valence-electron chi connectivity index (χ2n) is 36.1. The van der Waals surface area contributed by atoms with Crippen LogP contribution in [0, 0.1) is 0 Å². The summed E-state index contributed by atoms with van der Waals surface area (Å²) in [5, 5.41) is 31.2. The Morgan fingerprint density at radius 1 is 0.172 bits per heavy atom. The van der Waals surface area contributed by atoms with Crippen LogP contribution >= 0.6 is 0 Å². The molecule has 3 aromatic heterocycles. The van der Waals surface area contributed by atoms with Crippen molar-refractivity contribution in [2.45, 2.75) is 25.2 Å². The lowest BCUT2D eigenvalue weighted by atomic mass is 9.86. The largest absolute Gasteiger partial charge is 0.350 e. The van der Waals surface area contributed by atoms with Crippen LogP contribution in [0.1, 0.15) is 30.7 Å². The fourth-order valence-corrected chi connectivity index (χ4v) is 23.0. The summed E-state index contributed by atoms with van der Waals surface area (Å²) in [6.07, 6.45) is 2.07. The predicted molar refractivity (Wildman–Crippen MR) is 569 cm³/mol. The Hall–Kier alpha value is -17.0. The molecule has 134 heavy (non-hydrogen) atoms. The molecule has 28 aromatic rings. The molecule has 1 aliphatic heterocycles. The van der Waals surface area contributed by atoms with Crippen molar-refractivity contribution in [3.05, 3.63) is 485 Å². The molecule has 2 atom stereocenters. The molecule has 1 aliphatic rings. The van der Waals surface area contributed by atoms with Crippen LogP contribution in [0.5, 0.6) is 0 Å². The van der Waals surface area contributed by atoms with Crippen molar-refractivity contribution in [3.8, 4) is 89.3 Å². The number of hydrogen-bond acceptors (Lipinski definition) is 1. The lowest BCUT2D eigenvalue weighted by Crippen LogP contribution is -2.08. The van der Waals surface area contributed by atoms with Crippen LogP contribution in [-0.4, -0.2) is 13.7 Å². The van der Waals surface area contributed by atoms with Gasteiger partial charge in [-0.3, -0.25) is 0 Å². The highest BCUT2D eigenvalue weighted by Gasteiger charge is 2.32. The van der Waals surface area contributed by atoms with Gasteiger partial charge in [0, 0.05) is 43.7 Å². The second-order valence-corrected chi connectivity index (χ2v) is 36.1. The Morgan fingerprint density at radius 2 is 0.455 bits per heavy atom. The van der Waals surface area contributed by atoms with Gasteiger partial charge in [-0.1, -0.05) is 419 Å². The summed E-state index contributed by atoms with van der Waals surface area (Å²) in [7, 11) is 0. The van der Waals surface area contributed by atoms with Crippen LogP contribution in [0.3, 0.4) is 0 Å². The molecule has 4 nitrogen and oxygen atoms in total. The van der Waals surface area contributed by atoms with Gasteiger partial charge in [-0.05, 0) is 254 Å². The number of para-hydroxylation sites is 6. The third kappa shape index (κ3) is 12.3. The molecule has 1 saturated heterocycles. The van der Waals surface area contributed by atoms with Crippen LogP contribution in [0.15, 0.2) is 479 Å². The zero-order chi connectivity index (χ0) is 88.0. The number of hydrogen-bond donors (Lipinski definition) is 0. The minimum atomic E-state index is 0.0121. The Balaban J connectivity index is 0.000000103. The maximum absolute atomic E-state index is 6.95. The first-order valence-electron chi connectivity index (χ1n) is 46.8. The lowest BCUT2D eigenvalue weighted by molar-refractivity contribution is 0.00685. The molecule has 4 heteroatoms. The van der Waals surface area contributed by atoms with Crippen molar-refractivity contribution < 1.29 is 4.74 Å². The normalized spacial score (nSPS) is 13.6. The van der Waals surface area contributed by atoms with E-state index in [1.165, 1.54) is 257 Å². The molecule has 2 unspecified atom stereocenters. The topological polar surface area (TPSA) is 24.0 Å². The quantitative estimate of drug-likeness (QED) is 0.118. The van der Waals surface area contributed by atoms with E-state index in [2.05, 4.69) is 493 Å². The Kier molecular flexibility index (Phi) is 18.0. The van der Waals surface area contributed by atoms with E-state index in [-0.39, 0.29) is 12.3 Å². The van der Waals surface area contributed by atoms with Gasteiger partial charge in [0.15, 0.2) is 0 Å². The average Bonchev–Trinajstić information content (AvgIpc) is 0.756. The Bertz CT molecular complexity index is 9330. The van der Waals surface area contributed by atoms with Crippen molar-refractivity contribution in [1.82, 2.24) is 13.7 Å². The number of fused-ring (bicyclic) bond motifs is 9. The van der Waals surface area contributed by atoms with Crippen LogP contribution in [0.25, 0.3) is 252 Å². The van der Waals surface area contributed by atoms with Gasteiger partial charge in [0.1, 0.15) is 6.23 Å². The fraction of sp³-hybridized carbons (Fsp3) is 0.0308. The summed E-state index contributed by atoms with van der Waals surface area (Å²) >= 11 is 0. The first-order valence-corrected chi connectivity index (χ1v) is 46.8. The molecule has 626 valence electrons. The smallest absolute Gasteiger partial charge is 0.135 e. The van der Waals surface area contributed by atoms with Gasteiger partial charge in [0.2, 0.25) is 0 Å². The highest BCUT2D eigenvalue weighted by atomic mass is 16.5. The first-order chi connectivity index (χ1) is 66.5. The van der Waals surface area contributed by atoms with E-state index in [0.717, 1.165) is 12.8 Å². The number of nitrogens with zero attached hydrogens (tertiary/aromatic N) is 3. The van der Waals surface area contributed by atoms with Crippen LogP contribution in [-0.2, 0) is 4.74 Å². The fourth-order valence-electron chi connectivity index (χ4n) is 23.0. The van der Waals surface area contributed by atoms with Crippen LogP contribution in [0.2, 0.25) is 0 Å². The molecule has 0 spiro atoms. The van der Waals surface area contributed by atoms with Gasteiger partial charge >= 0.3 is 0 Å². The molecule has 4 heterocycles. The summed E-state index contributed by atoms with van der Waals surface area (Å²) in [4.78, 5) is 0. The molecule has 0 amide bonds. The number of benzene rings is 25. The van der Waals surface area contributed by atoms with Crippen LogP contribution < -0.4 is 0 Å². The second kappa shape index (κ2) is 31.4. The van der Waals surface area contributed by atoms with Crippen molar-refractivity contribution in [3.63, 3.8) is 0 Å². The molecule has 0 saturated carbocycles. The van der Waals surface area contributed by atoms with Crippen molar-refractivity contribution >= 4 is 162 Å². The lowest BCUT2D eigenvalue weighted by Gasteiger charge is -2.21. The predicted octanol–water partition coefficient (Wildman–Crippen LogP) is 35.8. The van der Waals surface area contributed by atoms with Gasteiger partial charge < -0.3 is 18.4 Å². The van der Waals surface area contributed by atoms with Gasteiger partial charge in [0.25, 0.3) is 0 Å². The highest BCUT2D eigenvalue weighted by Crippen LogP contribution is 2.52. The standard InChI is InChI=1S/2C46H29N.C38H27NO/c1-2-11-30(12-3-1)35-15-4-5-16-37(35)38-26-22-32-23-27-41-36(25-21-31-24-28-42(38)46(32)45(31)41)33-13-10-14-34(29-33)47-43-19-8-6-17-39(43)40-18-7-9-20-44(40)47;1-2-10-30(11-3-1)35-12-4-5-13-37(35)38-27-21-33-22-28-41-36(26-20-32-23-29-42(38)46(33)45(32)41)31-18-24-34(25-19-31)47-43-16-8-6-14-39(43)40-15-7-9-17-44(40)47;1-2-8-24(9-3-1)27-18-14-25-17-21-32-30(19-15-26-16-20-31(27)37(25)38(26)32)35-22-23-36(40-35)39-33-12-6-4-10-28(33)29-11-5-7-13-34(29)39/h2*1-29H;1-21,35-36H,22-23H2. The Morgan fingerprint density at radius 3 is 0.866 bits per heavy atom. The minimum absolute atomic E-state index is 0.0121. The maximum atomic E-state index is 6.95. The van der Waals surface area contributed by atoms with Crippen molar-refractivity contribution in [1.29, 1.82) is 0 Å². The zero-order valence-electron chi connectivity index (χ0n) is 73.4. The molecule has 0 bridgehead atoms. The van der Waals surface area contributed by atoms with Crippen molar-refractivity contribution in [2.75, 3.05) is 0 Å². The average molecular weight is 1710 g/mol. The summed E-state index contributed by atoms with van der Waals surface area (Å²) in [6.45, 7) is 0. The maximum Gasteiger partial charge on any atom is 0.135 e.